The van der Waals surface area contributed by atoms with E-state index in [9.17, 15) is 4.79 Å². The molecule has 1 aliphatic heterocycles. The predicted molar refractivity (Wildman–Crippen MR) is 80.4 cm³/mol. The predicted octanol–water partition coefficient (Wildman–Crippen LogP) is 1.09. The second kappa shape index (κ2) is 5.27. The summed E-state index contributed by atoms with van der Waals surface area (Å²) < 4.78 is 1.56. The van der Waals surface area contributed by atoms with Crippen LogP contribution in [0.2, 0.25) is 0 Å². The average molecular weight is 285 g/mol. The second-order valence-electron chi connectivity index (χ2n) is 5.72. The Bertz CT molecular complexity index is 698. The third-order valence-corrected chi connectivity index (χ3v) is 3.64. The van der Waals surface area contributed by atoms with Crippen molar-refractivity contribution in [2.24, 2.45) is 5.92 Å². The summed E-state index contributed by atoms with van der Waals surface area (Å²) in [6, 6.07) is 5.29. The Hall–Kier alpha value is -2.24. The molecule has 1 saturated heterocycles. The van der Waals surface area contributed by atoms with Crippen molar-refractivity contribution in [3.05, 3.63) is 45.6 Å². The van der Waals surface area contributed by atoms with E-state index in [1.165, 1.54) is 0 Å². The molecule has 0 aromatic carbocycles. The molecule has 0 radical (unpaired) electrons. The fourth-order valence-corrected chi connectivity index (χ4v) is 2.62. The number of nitrogens with zero attached hydrogens (tertiary/aromatic N) is 5. The van der Waals surface area contributed by atoms with Gasteiger partial charge in [-0.25, -0.2) is 14.6 Å². The molecule has 0 spiro atoms. The van der Waals surface area contributed by atoms with Crippen molar-refractivity contribution in [3.8, 4) is 0 Å². The summed E-state index contributed by atoms with van der Waals surface area (Å²) in [7, 11) is 0. The van der Waals surface area contributed by atoms with Crippen LogP contribution in [0.25, 0.3) is 0 Å². The van der Waals surface area contributed by atoms with Gasteiger partial charge in [-0.15, -0.1) is 0 Å². The van der Waals surface area contributed by atoms with Crippen LogP contribution in [0.15, 0.2) is 23.0 Å². The van der Waals surface area contributed by atoms with Gasteiger partial charge in [0, 0.05) is 36.5 Å². The van der Waals surface area contributed by atoms with Gasteiger partial charge in [0.25, 0.3) is 5.56 Å². The van der Waals surface area contributed by atoms with Crippen molar-refractivity contribution in [1.82, 2.24) is 19.7 Å². The van der Waals surface area contributed by atoms with Crippen LogP contribution in [0.3, 0.4) is 0 Å². The zero-order valence-electron chi connectivity index (χ0n) is 12.6. The first-order valence-corrected chi connectivity index (χ1v) is 7.13. The minimum Gasteiger partial charge on any atom is -0.340 e. The third-order valence-electron chi connectivity index (χ3n) is 3.64. The number of anilines is 1. The number of rotatable bonds is 3. The molecular formula is C15H19N5O. The monoisotopic (exact) mass is 285 g/mol. The summed E-state index contributed by atoms with van der Waals surface area (Å²) in [6.07, 6.45) is 0. The quantitative estimate of drug-likeness (QED) is 0.845. The largest absolute Gasteiger partial charge is 0.340 e. The van der Waals surface area contributed by atoms with Gasteiger partial charge in [-0.3, -0.25) is 4.79 Å². The maximum atomic E-state index is 11.7. The van der Waals surface area contributed by atoms with E-state index in [0.717, 1.165) is 36.1 Å². The topological polar surface area (TPSA) is 63.9 Å². The van der Waals surface area contributed by atoms with Crippen LogP contribution in [0.4, 0.5) is 5.95 Å². The molecule has 2 aromatic heterocycles. The standard InChI is InChI=1S/C15H19N5O/c1-10-4-5-14(21)20(18-10)9-13-7-19(8-13)15-16-11(2)6-12(3)17-15/h4-6,13H,7-9H2,1-3H3. The highest BCUT2D eigenvalue weighted by Gasteiger charge is 2.29. The van der Waals surface area contributed by atoms with Gasteiger partial charge in [0.15, 0.2) is 0 Å². The molecule has 1 fully saturated rings. The Kier molecular flexibility index (Phi) is 3.45. The first-order valence-electron chi connectivity index (χ1n) is 7.13. The molecule has 0 unspecified atom stereocenters. The van der Waals surface area contributed by atoms with E-state index in [4.69, 9.17) is 0 Å². The van der Waals surface area contributed by atoms with Crippen LogP contribution < -0.4 is 10.5 Å². The normalized spacial score (nSPS) is 15.1. The SMILES string of the molecule is Cc1cc(C)nc(N2CC(Cn3nc(C)ccc3=O)C2)n1. The van der Waals surface area contributed by atoms with Gasteiger partial charge in [-0.2, -0.15) is 5.10 Å². The highest BCUT2D eigenvalue weighted by atomic mass is 16.1. The van der Waals surface area contributed by atoms with E-state index >= 15 is 0 Å². The Balaban J connectivity index is 1.66. The van der Waals surface area contributed by atoms with Crippen molar-refractivity contribution in [1.29, 1.82) is 0 Å². The van der Waals surface area contributed by atoms with Crippen molar-refractivity contribution >= 4 is 5.95 Å². The third kappa shape index (κ3) is 2.94. The zero-order valence-corrected chi connectivity index (χ0v) is 12.6. The summed E-state index contributed by atoms with van der Waals surface area (Å²) in [5.41, 5.74) is 2.79. The van der Waals surface area contributed by atoms with Crippen molar-refractivity contribution < 1.29 is 0 Å². The molecule has 6 heteroatoms. The van der Waals surface area contributed by atoms with Gasteiger partial charge in [0.05, 0.1) is 12.2 Å². The number of aromatic nitrogens is 4. The Labute approximate surface area is 123 Å². The van der Waals surface area contributed by atoms with Crippen LogP contribution in [0.1, 0.15) is 17.1 Å². The molecule has 110 valence electrons. The van der Waals surface area contributed by atoms with Gasteiger partial charge in [-0.1, -0.05) is 0 Å². The maximum Gasteiger partial charge on any atom is 0.266 e. The molecular weight excluding hydrogens is 266 g/mol. The van der Waals surface area contributed by atoms with Crippen LogP contribution in [0, 0.1) is 26.7 Å². The molecule has 21 heavy (non-hydrogen) atoms. The van der Waals surface area contributed by atoms with E-state index in [2.05, 4.69) is 20.0 Å². The lowest BCUT2D eigenvalue weighted by molar-refractivity contribution is 0.329. The maximum absolute atomic E-state index is 11.7. The van der Waals surface area contributed by atoms with E-state index in [1.54, 1.807) is 16.8 Å². The fourth-order valence-electron chi connectivity index (χ4n) is 2.62. The van der Waals surface area contributed by atoms with E-state index < -0.39 is 0 Å². The van der Waals surface area contributed by atoms with Gasteiger partial charge in [0.1, 0.15) is 0 Å². The summed E-state index contributed by atoms with van der Waals surface area (Å²) >= 11 is 0. The van der Waals surface area contributed by atoms with Crippen LogP contribution in [-0.2, 0) is 6.54 Å². The fraction of sp³-hybridized carbons (Fsp3) is 0.467. The minimum absolute atomic E-state index is 0.0401. The lowest BCUT2D eigenvalue weighted by atomic mass is 10.0. The molecule has 3 rings (SSSR count). The van der Waals surface area contributed by atoms with Gasteiger partial charge in [0.2, 0.25) is 5.95 Å². The second-order valence-corrected chi connectivity index (χ2v) is 5.72. The van der Waals surface area contributed by atoms with Crippen molar-refractivity contribution in [3.63, 3.8) is 0 Å². The molecule has 0 atom stereocenters. The van der Waals surface area contributed by atoms with Gasteiger partial charge in [-0.05, 0) is 32.9 Å². The molecule has 0 N–H and O–H groups in total. The Morgan fingerprint density at radius 1 is 1.10 bits per heavy atom. The molecule has 0 bridgehead atoms. The number of hydrogen-bond donors (Lipinski definition) is 0. The molecule has 0 saturated carbocycles. The van der Waals surface area contributed by atoms with Crippen molar-refractivity contribution in [2.75, 3.05) is 18.0 Å². The zero-order chi connectivity index (χ0) is 15.0. The molecule has 2 aromatic rings. The Morgan fingerprint density at radius 2 is 1.76 bits per heavy atom. The van der Waals surface area contributed by atoms with Crippen molar-refractivity contribution in [2.45, 2.75) is 27.3 Å². The van der Waals surface area contributed by atoms with Crippen LogP contribution >= 0.6 is 0 Å². The highest BCUT2D eigenvalue weighted by Crippen LogP contribution is 2.22. The highest BCUT2D eigenvalue weighted by molar-refractivity contribution is 5.35. The minimum atomic E-state index is -0.0401. The molecule has 0 amide bonds. The molecule has 6 nitrogen and oxygen atoms in total. The Morgan fingerprint density at radius 3 is 2.43 bits per heavy atom. The first kappa shape index (κ1) is 13.7. The molecule has 1 aliphatic rings. The van der Waals surface area contributed by atoms with E-state index in [-0.39, 0.29) is 5.56 Å². The summed E-state index contributed by atoms with van der Waals surface area (Å²) in [6.45, 7) is 8.24. The van der Waals surface area contributed by atoms with Gasteiger partial charge >= 0.3 is 0 Å². The lowest BCUT2D eigenvalue weighted by Crippen LogP contribution is -2.50. The van der Waals surface area contributed by atoms with E-state index in [1.807, 2.05) is 26.8 Å². The first-order chi connectivity index (χ1) is 10.0. The van der Waals surface area contributed by atoms with Crippen LogP contribution in [0.5, 0.6) is 0 Å². The van der Waals surface area contributed by atoms with Gasteiger partial charge < -0.3 is 4.90 Å². The smallest absolute Gasteiger partial charge is 0.266 e. The molecule has 3 heterocycles. The van der Waals surface area contributed by atoms with E-state index in [0.29, 0.717) is 12.5 Å². The summed E-state index contributed by atoms with van der Waals surface area (Å²) in [5.74, 6) is 1.20. The average Bonchev–Trinajstić information content (AvgIpc) is 2.36. The summed E-state index contributed by atoms with van der Waals surface area (Å²) in [5, 5.41) is 4.27. The molecule has 0 aliphatic carbocycles. The summed E-state index contributed by atoms with van der Waals surface area (Å²) in [4.78, 5) is 22.8. The number of hydrogen-bond acceptors (Lipinski definition) is 5. The lowest BCUT2D eigenvalue weighted by Gasteiger charge is -2.39. The number of aryl methyl sites for hydroxylation is 3. The van der Waals surface area contributed by atoms with Crippen LogP contribution in [-0.4, -0.2) is 32.8 Å².